The van der Waals surface area contributed by atoms with Gasteiger partial charge in [0.1, 0.15) is 11.4 Å². The van der Waals surface area contributed by atoms with Crippen molar-refractivity contribution in [2.75, 3.05) is 7.11 Å². The highest BCUT2D eigenvalue weighted by Crippen LogP contribution is 2.23. The maximum atomic E-state index is 12.4. The van der Waals surface area contributed by atoms with Gasteiger partial charge in [0.15, 0.2) is 0 Å². The van der Waals surface area contributed by atoms with Crippen LogP contribution in [-0.4, -0.2) is 26.8 Å². The minimum atomic E-state index is -0.0552. The molecule has 4 rings (SSSR count). The van der Waals surface area contributed by atoms with Crippen molar-refractivity contribution in [1.29, 1.82) is 0 Å². The van der Waals surface area contributed by atoms with Crippen LogP contribution in [0.15, 0.2) is 51.8 Å². The summed E-state index contributed by atoms with van der Waals surface area (Å²) in [6, 6.07) is 13.3. The molecule has 0 radical (unpaired) electrons. The van der Waals surface area contributed by atoms with Gasteiger partial charge in [0, 0.05) is 23.7 Å². The Morgan fingerprint density at radius 3 is 2.77 bits per heavy atom. The van der Waals surface area contributed by atoms with Gasteiger partial charge in [-0.3, -0.25) is 4.79 Å². The third-order valence-electron chi connectivity index (χ3n) is 4.80. The number of aryl methyl sites for hydroxylation is 2. The van der Waals surface area contributed by atoms with E-state index in [0.717, 1.165) is 34.3 Å². The zero-order chi connectivity index (χ0) is 21.1. The van der Waals surface area contributed by atoms with Crippen molar-refractivity contribution < 1.29 is 9.26 Å². The van der Waals surface area contributed by atoms with Crippen LogP contribution in [0, 0.1) is 6.92 Å². The van der Waals surface area contributed by atoms with Gasteiger partial charge in [0.25, 0.3) is 11.4 Å². The Hall–Kier alpha value is -3.74. The number of nitrogens with zero attached hydrogens (tertiary/aromatic N) is 4. The first-order valence-electron chi connectivity index (χ1n) is 9.77. The Morgan fingerprint density at radius 2 is 1.97 bits per heavy atom. The first-order chi connectivity index (χ1) is 14.6. The fourth-order valence-electron chi connectivity index (χ4n) is 3.34. The van der Waals surface area contributed by atoms with E-state index in [1.54, 1.807) is 24.7 Å². The van der Waals surface area contributed by atoms with E-state index in [1.807, 2.05) is 55.5 Å². The van der Waals surface area contributed by atoms with Crippen LogP contribution in [0.4, 0.5) is 0 Å². The summed E-state index contributed by atoms with van der Waals surface area (Å²) in [5.41, 5.74) is 3.64. The van der Waals surface area contributed by atoms with E-state index in [1.165, 1.54) is 0 Å². The van der Waals surface area contributed by atoms with Crippen molar-refractivity contribution in [3.63, 3.8) is 0 Å². The Kier molecular flexibility index (Phi) is 5.43. The molecule has 152 valence electrons. The van der Waals surface area contributed by atoms with Crippen LogP contribution in [0.3, 0.4) is 0 Å². The Balaban J connectivity index is 1.67. The van der Waals surface area contributed by atoms with Crippen molar-refractivity contribution in [3.8, 4) is 17.1 Å². The molecule has 0 atom stereocenters. The van der Waals surface area contributed by atoms with Crippen LogP contribution in [0.25, 0.3) is 34.6 Å². The summed E-state index contributed by atoms with van der Waals surface area (Å²) in [6.45, 7) is 4.43. The molecule has 0 spiro atoms. The SMILES string of the molecule is CCCn1c(=O)c(C)nc2cc(-c3noc(/C=C/c4ccccc4OC)n3)ccc21. The van der Waals surface area contributed by atoms with Crippen LogP contribution in [0.1, 0.15) is 30.5 Å². The quantitative estimate of drug-likeness (QED) is 0.477. The second-order valence-electron chi connectivity index (χ2n) is 6.89. The van der Waals surface area contributed by atoms with Crippen molar-refractivity contribution >= 4 is 23.2 Å². The highest BCUT2D eigenvalue weighted by Gasteiger charge is 2.12. The largest absolute Gasteiger partial charge is 0.496 e. The predicted octanol–water partition coefficient (Wildman–Crippen LogP) is 4.34. The fraction of sp³-hybridized carbons (Fsp3) is 0.217. The van der Waals surface area contributed by atoms with E-state index in [2.05, 4.69) is 15.1 Å². The minimum Gasteiger partial charge on any atom is -0.496 e. The lowest BCUT2D eigenvalue weighted by atomic mass is 10.1. The zero-order valence-corrected chi connectivity index (χ0v) is 17.1. The number of hydrogen-bond donors (Lipinski definition) is 0. The van der Waals surface area contributed by atoms with Gasteiger partial charge < -0.3 is 13.8 Å². The number of fused-ring (bicyclic) bond motifs is 1. The summed E-state index contributed by atoms with van der Waals surface area (Å²) in [5, 5.41) is 4.08. The first-order valence-corrected chi connectivity index (χ1v) is 9.77. The number of rotatable bonds is 6. The molecule has 0 aliphatic rings. The highest BCUT2D eigenvalue weighted by atomic mass is 16.5. The molecule has 0 saturated carbocycles. The van der Waals surface area contributed by atoms with Gasteiger partial charge in [-0.05, 0) is 43.7 Å². The molecule has 2 aromatic carbocycles. The molecule has 2 aromatic heterocycles. The lowest BCUT2D eigenvalue weighted by Crippen LogP contribution is -2.24. The number of aromatic nitrogens is 4. The van der Waals surface area contributed by atoms with E-state index < -0.39 is 0 Å². The van der Waals surface area contributed by atoms with Crippen molar-refractivity contribution in [3.05, 3.63) is 70.0 Å². The molecular weight excluding hydrogens is 380 g/mol. The average Bonchev–Trinajstić information content (AvgIpc) is 3.24. The van der Waals surface area contributed by atoms with Crippen molar-refractivity contribution in [1.82, 2.24) is 19.7 Å². The molecule has 0 fully saturated rings. The first kappa shape index (κ1) is 19.6. The van der Waals surface area contributed by atoms with Crippen LogP contribution in [-0.2, 0) is 6.54 Å². The molecule has 0 N–H and O–H groups in total. The summed E-state index contributed by atoms with van der Waals surface area (Å²) in [5.74, 6) is 1.61. The molecule has 0 amide bonds. The fourth-order valence-corrected chi connectivity index (χ4v) is 3.34. The van der Waals surface area contributed by atoms with Crippen LogP contribution < -0.4 is 10.3 Å². The summed E-state index contributed by atoms with van der Waals surface area (Å²) in [4.78, 5) is 21.3. The van der Waals surface area contributed by atoms with Gasteiger partial charge in [-0.25, -0.2) is 4.98 Å². The summed E-state index contributed by atoms with van der Waals surface area (Å²) in [7, 11) is 1.63. The lowest BCUT2D eigenvalue weighted by Gasteiger charge is -2.10. The molecule has 0 saturated heterocycles. The van der Waals surface area contributed by atoms with Gasteiger partial charge in [0.2, 0.25) is 5.82 Å². The minimum absolute atomic E-state index is 0.0552. The average molecular weight is 402 g/mol. The molecule has 30 heavy (non-hydrogen) atoms. The normalized spacial score (nSPS) is 11.4. The van der Waals surface area contributed by atoms with E-state index in [4.69, 9.17) is 9.26 Å². The maximum absolute atomic E-state index is 12.4. The van der Waals surface area contributed by atoms with Gasteiger partial charge in [-0.1, -0.05) is 30.3 Å². The van der Waals surface area contributed by atoms with Crippen LogP contribution in [0.5, 0.6) is 5.75 Å². The second kappa shape index (κ2) is 8.32. The van der Waals surface area contributed by atoms with Crippen molar-refractivity contribution in [2.24, 2.45) is 0 Å². The Labute approximate surface area is 173 Å². The molecular formula is C23H22N4O3. The summed E-state index contributed by atoms with van der Waals surface area (Å²) in [6.07, 6.45) is 4.48. The molecule has 0 unspecified atom stereocenters. The van der Waals surface area contributed by atoms with E-state index in [-0.39, 0.29) is 5.56 Å². The highest BCUT2D eigenvalue weighted by molar-refractivity contribution is 5.80. The standard InChI is InChI=1S/C23H22N4O3/c1-4-13-27-19-11-9-17(14-18(19)24-15(2)23(27)28)22-25-21(30-26-22)12-10-16-7-5-6-8-20(16)29-3/h5-12,14H,4,13H2,1-3H3/b12-10+. The second-order valence-corrected chi connectivity index (χ2v) is 6.89. The van der Waals surface area contributed by atoms with Crippen molar-refractivity contribution in [2.45, 2.75) is 26.8 Å². The third kappa shape index (κ3) is 3.74. The number of para-hydroxylation sites is 1. The third-order valence-corrected chi connectivity index (χ3v) is 4.80. The topological polar surface area (TPSA) is 83.0 Å². The predicted molar refractivity (Wildman–Crippen MR) is 116 cm³/mol. The number of hydrogen-bond acceptors (Lipinski definition) is 6. The molecule has 7 nitrogen and oxygen atoms in total. The Bertz CT molecular complexity index is 1290. The molecule has 0 aliphatic heterocycles. The number of methoxy groups -OCH3 is 1. The van der Waals surface area contributed by atoms with Gasteiger partial charge in [-0.2, -0.15) is 4.98 Å². The van der Waals surface area contributed by atoms with Gasteiger partial charge in [-0.15, -0.1) is 0 Å². The van der Waals surface area contributed by atoms with E-state index in [9.17, 15) is 4.79 Å². The van der Waals surface area contributed by atoms with Gasteiger partial charge >= 0.3 is 0 Å². The molecule has 2 heterocycles. The number of benzene rings is 2. The molecule has 0 bridgehead atoms. The van der Waals surface area contributed by atoms with Crippen LogP contribution >= 0.6 is 0 Å². The molecule has 7 heteroatoms. The van der Waals surface area contributed by atoms with Gasteiger partial charge in [0.05, 0.1) is 18.1 Å². The zero-order valence-electron chi connectivity index (χ0n) is 17.1. The molecule has 0 aliphatic carbocycles. The summed E-state index contributed by atoms with van der Waals surface area (Å²) >= 11 is 0. The lowest BCUT2D eigenvalue weighted by molar-refractivity contribution is 0.411. The Morgan fingerprint density at radius 1 is 1.13 bits per heavy atom. The van der Waals surface area contributed by atoms with E-state index >= 15 is 0 Å². The number of ether oxygens (including phenoxy) is 1. The van der Waals surface area contributed by atoms with E-state index in [0.29, 0.717) is 24.0 Å². The summed E-state index contributed by atoms with van der Waals surface area (Å²) < 4.78 is 12.5. The maximum Gasteiger partial charge on any atom is 0.272 e. The molecule has 4 aromatic rings. The van der Waals surface area contributed by atoms with Crippen LogP contribution in [0.2, 0.25) is 0 Å². The monoisotopic (exact) mass is 402 g/mol. The smallest absolute Gasteiger partial charge is 0.272 e.